The minimum Gasteiger partial charge on any atom is -0.396 e. The zero-order chi connectivity index (χ0) is 17.8. The molecule has 2 fully saturated rings. The Kier molecular flexibility index (Phi) is 6.49. The average molecular weight is 371 g/mol. The van der Waals surface area contributed by atoms with Gasteiger partial charge in [0.2, 0.25) is 0 Å². The van der Waals surface area contributed by atoms with Crippen molar-refractivity contribution in [2.24, 2.45) is 5.92 Å². The molecule has 0 unspecified atom stereocenters. The van der Waals surface area contributed by atoms with Gasteiger partial charge >= 0.3 is 0 Å². The third-order valence-corrected chi connectivity index (χ3v) is 5.73. The Hall–Kier alpha value is -0.950. The molecule has 0 spiro atoms. The maximum Gasteiger partial charge on any atom is 0.167 e. The van der Waals surface area contributed by atoms with E-state index in [2.05, 4.69) is 21.8 Å². The smallest absolute Gasteiger partial charge is 0.167 e. The maximum absolute atomic E-state index is 14.3. The summed E-state index contributed by atoms with van der Waals surface area (Å²) in [6.45, 7) is 6.16. The summed E-state index contributed by atoms with van der Waals surface area (Å²) in [6.07, 6.45) is 4.26. The van der Waals surface area contributed by atoms with Crippen molar-refractivity contribution in [1.29, 1.82) is 0 Å². The summed E-state index contributed by atoms with van der Waals surface area (Å²) in [4.78, 5) is 11.2. The lowest BCUT2D eigenvalue weighted by Crippen LogP contribution is -2.56. The molecule has 1 aromatic heterocycles. The van der Waals surface area contributed by atoms with Crippen molar-refractivity contribution in [2.75, 3.05) is 57.8 Å². The van der Waals surface area contributed by atoms with Gasteiger partial charge in [-0.1, -0.05) is 11.6 Å². The van der Waals surface area contributed by atoms with Crippen LogP contribution in [0.1, 0.15) is 19.3 Å². The summed E-state index contributed by atoms with van der Waals surface area (Å²) < 4.78 is 14.3. The number of piperazine rings is 1. The van der Waals surface area contributed by atoms with Crippen molar-refractivity contribution in [3.8, 4) is 0 Å². The number of anilines is 1. The van der Waals surface area contributed by atoms with Crippen LogP contribution in [0.4, 0.5) is 10.2 Å². The summed E-state index contributed by atoms with van der Waals surface area (Å²) in [6, 6.07) is 1.84. The average Bonchev–Trinajstić information content (AvgIpc) is 2.60. The monoisotopic (exact) mass is 370 g/mol. The quantitative estimate of drug-likeness (QED) is 0.859. The predicted molar refractivity (Wildman–Crippen MR) is 98.7 cm³/mol. The van der Waals surface area contributed by atoms with Gasteiger partial charge in [-0.2, -0.15) is 0 Å². The van der Waals surface area contributed by atoms with Gasteiger partial charge in [-0.15, -0.1) is 0 Å². The van der Waals surface area contributed by atoms with Crippen molar-refractivity contribution in [3.05, 3.63) is 23.1 Å². The van der Waals surface area contributed by atoms with E-state index >= 15 is 0 Å². The van der Waals surface area contributed by atoms with Gasteiger partial charge in [0, 0.05) is 58.1 Å². The van der Waals surface area contributed by atoms with Crippen LogP contribution in [0, 0.1) is 11.7 Å². The van der Waals surface area contributed by atoms with E-state index in [4.69, 9.17) is 11.6 Å². The normalized spacial score (nSPS) is 26.2. The lowest BCUT2D eigenvalue weighted by molar-refractivity contribution is 0.0636. The van der Waals surface area contributed by atoms with E-state index in [-0.39, 0.29) is 12.4 Å². The standard InChI is InChI=1S/C18H28ClFN4O/c1-22-6-8-23(9-7-22)17-4-5-24(13-14(17)3-2-10-25)18-16(20)11-15(19)12-21-18/h11-12,14,17,25H,2-10,13H2,1H3/t14-,17+/m0/s1. The van der Waals surface area contributed by atoms with E-state index in [0.29, 0.717) is 22.8 Å². The molecule has 3 rings (SSSR count). The molecule has 25 heavy (non-hydrogen) atoms. The summed E-state index contributed by atoms with van der Waals surface area (Å²) in [7, 11) is 2.16. The fraction of sp³-hybridized carbons (Fsp3) is 0.722. The number of pyridine rings is 1. The second-order valence-electron chi connectivity index (χ2n) is 7.23. The van der Waals surface area contributed by atoms with Crippen molar-refractivity contribution >= 4 is 17.4 Å². The molecule has 0 bridgehead atoms. The van der Waals surface area contributed by atoms with E-state index < -0.39 is 0 Å². The molecule has 7 heteroatoms. The molecule has 2 saturated heterocycles. The molecular weight excluding hydrogens is 343 g/mol. The van der Waals surface area contributed by atoms with Gasteiger partial charge < -0.3 is 14.9 Å². The Balaban J connectivity index is 1.71. The number of halogens is 2. The van der Waals surface area contributed by atoms with Gasteiger partial charge in [0.25, 0.3) is 0 Å². The summed E-state index contributed by atoms with van der Waals surface area (Å²) >= 11 is 5.83. The first-order valence-corrected chi connectivity index (χ1v) is 9.55. The van der Waals surface area contributed by atoms with E-state index in [1.807, 2.05) is 4.90 Å². The van der Waals surface area contributed by atoms with E-state index in [1.165, 1.54) is 12.3 Å². The fourth-order valence-electron chi connectivity index (χ4n) is 4.12. The van der Waals surface area contributed by atoms with Crippen LogP contribution in [0.2, 0.25) is 5.02 Å². The molecular formula is C18H28ClFN4O. The second-order valence-corrected chi connectivity index (χ2v) is 7.66. The molecule has 5 nitrogen and oxygen atoms in total. The molecule has 2 aliphatic rings. The zero-order valence-electron chi connectivity index (χ0n) is 14.9. The minimum absolute atomic E-state index is 0.208. The van der Waals surface area contributed by atoms with Crippen LogP contribution in [0.3, 0.4) is 0 Å². The van der Waals surface area contributed by atoms with Crippen LogP contribution in [0.25, 0.3) is 0 Å². The molecule has 1 aromatic rings. The molecule has 0 aliphatic carbocycles. The third kappa shape index (κ3) is 4.61. The van der Waals surface area contributed by atoms with E-state index in [9.17, 15) is 9.50 Å². The van der Waals surface area contributed by atoms with Crippen molar-refractivity contribution in [3.63, 3.8) is 0 Å². The number of aliphatic hydroxyl groups excluding tert-OH is 1. The highest BCUT2D eigenvalue weighted by Gasteiger charge is 2.35. The number of nitrogens with zero attached hydrogens (tertiary/aromatic N) is 4. The first-order chi connectivity index (χ1) is 12.1. The van der Waals surface area contributed by atoms with Gasteiger partial charge in [0.15, 0.2) is 11.6 Å². The van der Waals surface area contributed by atoms with Gasteiger partial charge in [-0.25, -0.2) is 9.37 Å². The van der Waals surface area contributed by atoms with Crippen LogP contribution in [0.15, 0.2) is 12.3 Å². The Morgan fingerprint density at radius 1 is 1.28 bits per heavy atom. The minimum atomic E-state index is -0.355. The van der Waals surface area contributed by atoms with Gasteiger partial charge in [0.1, 0.15) is 0 Å². The summed E-state index contributed by atoms with van der Waals surface area (Å²) in [5.74, 6) is 0.461. The molecule has 140 valence electrons. The third-order valence-electron chi connectivity index (χ3n) is 5.52. The van der Waals surface area contributed by atoms with Crippen LogP contribution < -0.4 is 4.90 Å². The molecule has 2 aliphatic heterocycles. The number of likely N-dealkylation sites (N-methyl/N-ethyl adjacent to an activating group) is 1. The lowest BCUT2D eigenvalue weighted by atomic mass is 9.86. The number of hydrogen-bond acceptors (Lipinski definition) is 5. The van der Waals surface area contributed by atoms with Crippen LogP contribution in [0.5, 0.6) is 0 Å². The predicted octanol–water partition coefficient (Wildman–Crippen LogP) is 2.09. The Morgan fingerprint density at radius 3 is 2.72 bits per heavy atom. The van der Waals surface area contributed by atoms with Crippen molar-refractivity contribution in [2.45, 2.75) is 25.3 Å². The number of rotatable bonds is 5. The number of hydrogen-bond donors (Lipinski definition) is 1. The first kappa shape index (κ1) is 18.8. The summed E-state index contributed by atoms with van der Waals surface area (Å²) in [5, 5.41) is 9.59. The second kappa shape index (κ2) is 8.62. The van der Waals surface area contributed by atoms with E-state index in [0.717, 1.165) is 58.5 Å². The molecule has 3 heterocycles. The SMILES string of the molecule is CN1CCN([C@@H]2CCN(c3ncc(Cl)cc3F)C[C@@H]2CCCO)CC1. The van der Waals surface area contributed by atoms with E-state index in [1.54, 1.807) is 0 Å². The van der Waals surface area contributed by atoms with Gasteiger partial charge in [-0.3, -0.25) is 4.90 Å². The number of piperidine rings is 1. The number of aromatic nitrogens is 1. The molecule has 0 aromatic carbocycles. The van der Waals surface area contributed by atoms with Crippen molar-refractivity contribution < 1.29 is 9.50 Å². The van der Waals surface area contributed by atoms with Crippen LogP contribution in [-0.2, 0) is 0 Å². The van der Waals surface area contributed by atoms with Gasteiger partial charge in [0.05, 0.1) is 5.02 Å². The highest BCUT2D eigenvalue weighted by Crippen LogP contribution is 2.30. The molecule has 0 amide bonds. The molecule has 0 saturated carbocycles. The van der Waals surface area contributed by atoms with Crippen molar-refractivity contribution in [1.82, 2.24) is 14.8 Å². The molecule has 1 N–H and O–H groups in total. The Bertz CT molecular complexity index is 568. The maximum atomic E-state index is 14.3. The Labute approximate surface area is 154 Å². The number of aliphatic hydroxyl groups is 1. The topological polar surface area (TPSA) is 42.8 Å². The fourth-order valence-corrected chi connectivity index (χ4v) is 4.27. The lowest BCUT2D eigenvalue weighted by Gasteiger charge is -2.46. The molecule has 0 radical (unpaired) electrons. The van der Waals surface area contributed by atoms with Crippen LogP contribution >= 0.6 is 11.6 Å². The highest BCUT2D eigenvalue weighted by atomic mass is 35.5. The zero-order valence-corrected chi connectivity index (χ0v) is 15.6. The first-order valence-electron chi connectivity index (χ1n) is 9.18. The van der Waals surface area contributed by atoms with Gasteiger partial charge in [-0.05, 0) is 38.3 Å². The molecule has 2 atom stereocenters. The Morgan fingerprint density at radius 2 is 2.04 bits per heavy atom. The van der Waals surface area contributed by atoms with Crippen LogP contribution in [-0.4, -0.2) is 78.9 Å². The highest BCUT2D eigenvalue weighted by molar-refractivity contribution is 6.30. The summed E-state index contributed by atoms with van der Waals surface area (Å²) in [5.41, 5.74) is 0. The largest absolute Gasteiger partial charge is 0.396 e.